The second-order valence-corrected chi connectivity index (χ2v) is 6.14. The van der Waals surface area contributed by atoms with E-state index in [9.17, 15) is 5.26 Å². The molecule has 0 amide bonds. The number of benzene rings is 2. The van der Waals surface area contributed by atoms with Gasteiger partial charge in [0.2, 0.25) is 0 Å². The van der Waals surface area contributed by atoms with Crippen LogP contribution in [0.25, 0.3) is 0 Å². The minimum absolute atomic E-state index is 0.248. The Morgan fingerprint density at radius 2 is 1.58 bits per heavy atom. The topological polar surface area (TPSA) is 54.3 Å². The fourth-order valence-electron chi connectivity index (χ4n) is 2.53. The normalized spacial score (nSPS) is 14.7. The van der Waals surface area contributed by atoms with E-state index in [1.165, 1.54) is 0 Å². The van der Waals surface area contributed by atoms with Crippen LogP contribution in [-0.4, -0.2) is 6.54 Å². The van der Waals surface area contributed by atoms with Gasteiger partial charge >= 0.3 is 0 Å². The third-order valence-electron chi connectivity index (χ3n) is 4.25. The molecule has 0 aliphatic heterocycles. The molecule has 4 heteroatoms. The molecule has 0 heterocycles. The number of hydrogen-bond acceptors (Lipinski definition) is 4. The molecule has 0 saturated heterocycles. The minimum atomic E-state index is -0.248. The largest absolute Gasteiger partial charge is 0.457 e. The van der Waals surface area contributed by atoms with Gasteiger partial charge in [-0.25, -0.2) is 0 Å². The number of hydrogen-bond donors (Lipinski definition) is 1. The maximum absolute atomic E-state index is 9.23. The molecule has 0 spiro atoms. The van der Waals surface area contributed by atoms with Crippen LogP contribution < -0.4 is 15.1 Å². The van der Waals surface area contributed by atoms with Crippen LogP contribution in [0.4, 0.5) is 0 Å². The van der Waals surface area contributed by atoms with Gasteiger partial charge in [0, 0.05) is 6.54 Å². The van der Waals surface area contributed by atoms with Gasteiger partial charge in [0.05, 0.1) is 11.5 Å². The maximum atomic E-state index is 9.23. The number of nitrogens with zero attached hydrogens (tertiary/aromatic N) is 1. The van der Waals surface area contributed by atoms with Gasteiger partial charge in [0.25, 0.3) is 0 Å². The molecular formula is C20H22N2O2. The Morgan fingerprint density at radius 3 is 2.12 bits per heavy atom. The van der Waals surface area contributed by atoms with E-state index >= 15 is 0 Å². The Kier molecular flexibility index (Phi) is 5.02. The summed E-state index contributed by atoms with van der Waals surface area (Å²) in [6.07, 6.45) is 4.14. The first-order valence-electron chi connectivity index (χ1n) is 8.45. The number of nitriles is 1. The van der Waals surface area contributed by atoms with Gasteiger partial charge in [-0.15, -0.1) is 0 Å². The third kappa shape index (κ3) is 3.87. The molecule has 0 aromatic heterocycles. The first-order valence-corrected chi connectivity index (χ1v) is 8.45. The summed E-state index contributed by atoms with van der Waals surface area (Å²) in [4.78, 5) is 5.45. The zero-order valence-corrected chi connectivity index (χ0v) is 13.9. The molecule has 0 atom stereocenters. The number of hydroxylamine groups is 1. The molecule has 0 radical (unpaired) electrons. The number of nitrogens with one attached hydrogen (secondary N) is 1. The lowest BCUT2D eigenvalue weighted by Crippen LogP contribution is -2.19. The molecule has 1 aliphatic carbocycles. The molecule has 1 N–H and O–H groups in total. The van der Waals surface area contributed by atoms with E-state index in [0.29, 0.717) is 0 Å². The van der Waals surface area contributed by atoms with Crippen molar-refractivity contribution in [1.29, 1.82) is 5.26 Å². The van der Waals surface area contributed by atoms with Crippen molar-refractivity contribution in [3.63, 3.8) is 0 Å². The van der Waals surface area contributed by atoms with Gasteiger partial charge in [-0.1, -0.05) is 25.5 Å². The van der Waals surface area contributed by atoms with Crippen molar-refractivity contribution in [1.82, 2.24) is 5.48 Å². The van der Waals surface area contributed by atoms with E-state index in [1.807, 2.05) is 48.5 Å². The first-order chi connectivity index (χ1) is 11.8. The summed E-state index contributed by atoms with van der Waals surface area (Å²) >= 11 is 0. The van der Waals surface area contributed by atoms with Gasteiger partial charge in [-0.3, -0.25) is 0 Å². The fraction of sp³-hybridized carbons (Fsp3) is 0.350. The molecule has 24 heavy (non-hydrogen) atoms. The number of rotatable bonds is 8. The van der Waals surface area contributed by atoms with E-state index in [2.05, 4.69) is 18.5 Å². The van der Waals surface area contributed by atoms with Crippen LogP contribution in [0.1, 0.15) is 38.2 Å². The molecule has 2 aromatic rings. The van der Waals surface area contributed by atoms with Crippen molar-refractivity contribution in [3.05, 3.63) is 54.1 Å². The van der Waals surface area contributed by atoms with Gasteiger partial charge in [0.15, 0.2) is 0 Å². The molecule has 1 aliphatic rings. The maximum Gasteiger partial charge on any atom is 0.147 e. The van der Waals surface area contributed by atoms with Crippen molar-refractivity contribution in [2.24, 2.45) is 0 Å². The van der Waals surface area contributed by atoms with Crippen LogP contribution >= 0.6 is 0 Å². The van der Waals surface area contributed by atoms with E-state index in [1.54, 1.807) is 0 Å². The van der Waals surface area contributed by atoms with Crippen molar-refractivity contribution >= 4 is 0 Å². The van der Waals surface area contributed by atoms with Crippen LogP contribution in [0.5, 0.6) is 17.2 Å². The summed E-state index contributed by atoms with van der Waals surface area (Å²) in [5.74, 6) is 2.28. The second-order valence-electron chi connectivity index (χ2n) is 6.14. The van der Waals surface area contributed by atoms with Crippen LogP contribution in [-0.2, 0) is 5.41 Å². The van der Waals surface area contributed by atoms with Crippen LogP contribution in [0, 0.1) is 11.3 Å². The van der Waals surface area contributed by atoms with Crippen LogP contribution in [0.2, 0.25) is 0 Å². The number of ether oxygens (including phenoxy) is 1. The average Bonchev–Trinajstić information content (AvgIpc) is 3.42. The molecule has 0 bridgehead atoms. The molecule has 124 valence electrons. The zero-order chi connectivity index (χ0) is 16.8. The predicted octanol–water partition coefficient (Wildman–Crippen LogP) is 4.72. The Hall–Kier alpha value is -2.51. The van der Waals surface area contributed by atoms with Crippen molar-refractivity contribution < 1.29 is 9.57 Å². The minimum Gasteiger partial charge on any atom is -0.457 e. The van der Waals surface area contributed by atoms with E-state index in [-0.39, 0.29) is 5.41 Å². The summed E-state index contributed by atoms with van der Waals surface area (Å²) in [5, 5.41) is 9.23. The predicted molar refractivity (Wildman–Crippen MR) is 93.0 cm³/mol. The van der Waals surface area contributed by atoms with Crippen LogP contribution in [0.15, 0.2) is 48.5 Å². The molecule has 0 unspecified atom stereocenters. The van der Waals surface area contributed by atoms with E-state index < -0.39 is 0 Å². The second kappa shape index (κ2) is 7.37. The first kappa shape index (κ1) is 16.4. The lowest BCUT2D eigenvalue weighted by Gasteiger charge is -2.10. The molecule has 2 aromatic carbocycles. The van der Waals surface area contributed by atoms with E-state index in [4.69, 9.17) is 9.57 Å². The lowest BCUT2D eigenvalue weighted by molar-refractivity contribution is 0.194. The van der Waals surface area contributed by atoms with Crippen molar-refractivity contribution in [3.8, 4) is 23.3 Å². The third-order valence-corrected chi connectivity index (χ3v) is 4.25. The summed E-state index contributed by atoms with van der Waals surface area (Å²) in [7, 11) is 0. The highest BCUT2D eigenvalue weighted by molar-refractivity contribution is 5.42. The lowest BCUT2D eigenvalue weighted by atomic mass is 9.98. The molecule has 1 fully saturated rings. The molecule has 1 saturated carbocycles. The highest BCUT2D eigenvalue weighted by atomic mass is 16.6. The monoisotopic (exact) mass is 322 g/mol. The Morgan fingerprint density at radius 1 is 1.00 bits per heavy atom. The Bertz CT molecular complexity index is 698. The van der Waals surface area contributed by atoms with Gasteiger partial charge < -0.3 is 9.57 Å². The van der Waals surface area contributed by atoms with Crippen LogP contribution in [0.3, 0.4) is 0 Å². The van der Waals surface area contributed by atoms with Crippen molar-refractivity contribution in [2.75, 3.05) is 6.54 Å². The van der Waals surface area contributed by atoms with E-state index in [0.717, 1.165) is 55.0 Å². The highest BCUT2D eigenvalue weighted by Crippen LogP contribution is 2.47. The fourth-order valence-corrected chi connectivity index (χ4v) is 2.53. The van der Waals surface area contributed by atoms with Crippen molar-refractivity contribution in [2.45, 2.75) is 38.0 Å². The van der Waals surface area contributed by atoms with Gasteiger partial charge in [-0.2, -0.15) is 10.7 Å². The molecular weight excluding hydrogens is 300 g/mol. The van der Waals surface area contributed by atoms with Gasteiger partial charge in [0.1, 0.15) is 17.2 Å². The molecule has 3 rings (SSSR count). The summed E-state index contributed by atoms with van der Waals surface area (Å²) < 4.78 is 5.84. The standard InChI is InChI=1S/C20H22N2O2/c1-2-3-14-22-24-19-10-8-18(9-11-19)23-17-6-4-16(5-7-17)20(15-21)12-13-20/h4-11,22H,2-3,12-14H2,1H3. The molecule has 4 nitrogen and oxygen atoms in total. The summed E-state index contributed by atoms with van der Waals surface area (Å²) in [5.41, 5.74) is 3.77. The summed E-state index contributed by atoms with van der Waals surface area (Å²) in [6.45, 7) is 2.98. The summed E-state index contributed by atoms with van der Waals surface area (Å²) in [6, 6.07) is 17.7. The Labute approximate surface area is 143 Å². The zero-order valence-electron chi connectivity index (χ0n) is 13.9. The highest BCUT2D eigenvalue weighted by Gasteiger charge is 2.44. The number of unbranched alkanes of at least 4 members (excludes halogenated alkanes) is 1. The average molecular weight is 322 g/mol. The Balaban J connectivity index is 1.55. The SMILES string of the molecule is CCCCNOc1ccc(Oc2ccc(C3(C#N)CC3)cc2)cc1. The quantitative estimate of drug-likeness (QED) is 0.564. The smallest absolute Gasteiger partial charge is 0.147 e. The van der Waals surface area contributed by atoms with Gasteiger partial charge in [-0.05, 0) is 61.2 Å².